The lowest BCUT2D eigenvalue weighted by Gasteiger charge is -2.18. The summed E-state index contributed by atoms with van der Waals surface area (Å²) in [6, 6.07) is 11.9. The standard InChI is InChI=1S/C16H20N4/c1-12(2)11-17-20(15-8-6-5-7-9-15)16-18-13(3)10-14(4)19-16/h5-12H,1-4H3. The molecule has 0 atom stereocenters. The summed E-state index contributed by atoms with van der Waals surface area (Å²) in [6.45, 7) is 8.12. The fourth-order valence-corrected chi connectivity index (χ4v) is 1.81. The lowest BCUT2D eigenvalue weighted by atomic mass is 10.2. The second kappa shape index (κ2) is 6.28. The van der Waals surface area contributed by atoms with Gasteiger partial charge in [0.15, 0.2) is 0 Å². The van der Waals surface area contributed by atoms with E-state index in [1.165, 1.54) is 0 Å². The molecule has 0 unspecified atom stereocenters. The van der Waals surface area contributed by atoms with Crippen LogP contribution in [0.3, 0.4) is 0 Å². The first-order valence-electron chi connectivity index (χ1n) is 6.78. The van der Waals surface area contributed by atoms with Crippen molar-refractivity contribution in [3.63, 3.8) is 0 Å². The van der Waals surface area contributed by atoms with E-state index in [4.69, 9.17) is 0 Å². The van der Waals surface area contributed by atoms with Gasteiger partial charge < -0.3 is 0 Å². The highest BCUT2D eigenvalue weighted by atomic mass is 15.5. The summed E-state index contributed by atoms with van der Waals surface area (Å²) in [6.07, 6.45) is 1.90. The Morgan fingerprint density at radius 1 is 1.05 bits per heavy atom. The maximum absolute atomic E-state index is 4.53. The average Bonchev–Trinajstić information content (AvgIpc) is 2.38. The number of para-hydroxylation sites is 1. The third-order valence-electron chi connectivity index (χ3n) is 2.64. The van der Waals surface area contributed by atoms with Gasteiger partial charge in [-0.3, -0.25) is 0 Å². The van der Waals surface area contributed by atoms with Crippen molar-refractivity contribution in [1.82, 2.24) is 9.97 Å². The molecule has 104 valence electrons. The van der Waals surface area contributed by atoms with E-state index in [1.807, 2.05) is 56.5 Å². The molecular weight excluding hydrogens is 248 g/mol. The number of aryl methyl sites for hydroxylation is 2. The fourth-order valence-electron chi connectivity index (χ4n) is 1.81. The Bertz CT molecular complexity index is 570. The summed E-state index contributed by atoms with van der Waals surface area (Å²) in [5, 5.41) is 6.31. The summed E-state index contributed by atoms with van der Waals surface area (Å²) in [5.41, 5.74) is 2.83. The van der Waals surface area contributed by atoms with Crippen molar-refractivity contribution in [1.29, 1.82) is 0 Å². The molecule has 0 aliphatic heterocycles. The van der Waals surface area contributed by atoms with Crippen molar-refractivity contribution in [2.45, 2.75) is 27.7 Å². The molecule has 0 aliphatic carbocycles. The summed E-state index contributed by atoms with van der Waals surface area (Å²) < 4.78 is 0. The number of benzene rings is 1. The van der Waals surface area contributed by atoms with Crippen molar-refractivity contribution in [2.75, 3.05) is 5.01 Å². The molecule has 1 heterocycles. The molecular formula is C16H20N4. The second-order valence-electron chi connectivity index (χ2n) is 5.11. The Labute approximate surface area is 120 Å². The predicted octanol–water partition coefficient (Wildman–Crippen LogP) is 3.87. The van der Waals surface area contributed by atoms with Crippen LogP contribution in [-0.4, -0.2) is 16.2 Å². The zero-order chi connectivity index (χ0) is 14.5. The van der Waals surface area contributed by atoms with Crippen LogP contribution in [0.1, 0.15) is 25.2 Å². The normalized spacial score (nSPS) is 11.2. The Kier molecular flexibility index (Phi) is 4.45. The van der Waals surface area contributed by atoms with E-state index in [2.05, 4.69) is 28.9 Å². The molecule has 4 nitrogen and oxygen atoms in total. The number of nitrogens with zero attached hydrogens (tertiary/aromatic N) is 4. The van der Waals surface area contributed by atoms with Gasteiger partial charge in [-0.2, -0.15) is 10.1 Å². The van der Waals surface area contributed by atoms with Crippen molar-refractivity contribution in [3.05, 3.63) is 47.8 Å². The highest BCUT2D eigenvalue weighted by Crippen LogP contribution is 2.22. The summed E-state index contributed by atoms with van der Waals surface area (Å²) in [7, 11) is 0. The zero-order valence-corrected chi connectivity index (χ0v) is 12.4. The maximum atomic E-state index is 4.53. The number of aromatic nitrogens is 2. The van der Waals surface area contributed by atoms with E-state index in [-0.39, 0.29) is 0 Å². The average molecular weight is 268 g/mol. The van der Waals surface area contributed by atoms with Crippen molar-refractivity contribution in [3.8, 4) is 0 Å². The first kappa shape index (κ1) is 14.2. The first-order chi connectivity index (χ1) is 9.56. The lowest BCUT2D eigenvalue weighted by Crippen LogP contribution is -2.14. The number of hydrazone groups is 1. The van der Waals surface area contributed by atoms with Gasteiger partial charge in [-0.25, -0.2) is 9.97 Å². The van der Waals surface area contributed by atoms with Gasteiger partial charge in [0.25, 0.3) is 5.95 Å². The molecule has 1 aromatic heterocycles. The molecule has 0 saturated carbocycles. The molecule has 2 aromatic rings. The van der Waals surface area contributed by atoms with Crippen molar-refractivity contribution in [2.24, 2.45) is 11.0 Å². The lowest BCUT2D eigenvalue weighted by molar-refractivity contribution is 0.880. The van der Waals surface area contributed by atoms with E-state index >= 15 is 0 Å². The molecule has 0 bridgehead atoms. The molecule has 0 N–H and O–H groups in total. The molecule has 0 fully saturated rings. The van der Waals surface area contributed by atoms with Gasteiger partial charge in [-0.05, 0) is 38.0 Å². The topological polar surface area (TPSA) is 41.4 Å². The molecule has 0 radical (unpaired) electrons. The van der Waals surface area contributed by atoms with Crippen LogP contribution < -0.4 is 5.01 Å². The number of hydrogen-bond acceptors (Lipinski definition) is 4. The smallest absolute Gasteiger partial charge is 0.216 e. The van der Waals surface area contributed by atoms with E-state index in [1.54, 1.807) is 5.01 Å². The van der Waals surface area contributed by atoms with Gasteiger partial charge >= 0.3 is 0 Å². The summed E-state index contributed by atoms with van der Waals surface area (Å²) in [5.74, 6) is 0.970. The number of anilines is 2. The Hall–Kier alpha value is -2.23. The third kappa shape index (κ3) is 3.63. The van der Waals surface area contributed by atoms with Crippen molar-refractivity contribution >= 4 is 17.9 Å². The minimum Gasteiger partial charge on any atom is -0.216 e. The number of hydrogen-bond donors (Lipinski definition) is 0. The van der Waals surface area contributed by atoms with Crippen LogP contribution in [-0.2, 0) is 0 Å². The Balaban J connectivity index is 2.46. The Morgan fingerprint density at radius 3 is 2.20 bits per heavy atom. The summed E-state index contributed by atoms with van der Waals surface area (Å²) in [4.78, 5) is 8.98. The minimum atomic E-state index is 0.368. The van der Waals surface area contributed by atoms with Crippen LogP contribution in [0.25, 0.3) is 0 Å². The van der Waals surface area contributed by atoms with Gasteiger partial charge in [0.05, 0.1) is 5.69 Å². The molecule has 0 aliphatic rings. The van der Waals surface area contributed by atoms with E-state index in [9.17, 15) is 0 Å². The van der Waals surface area contributed by atoms with Crippen LogP contribution in [0.4, 0.5) is 11.6 Å². The number of rotatable bonds is 4. The molecule has 0 saturated heterocycles. The molecule has 0 spiro atoms. The maximum Gasteiger partial charge on any atom is 0.251 e. The monoisotopic (exact) mass is 268 g/mol. The second-order valence-corrected chi connectivity index (χ2v) is 5.11. The van der Waals surface area contributed by atoms with Gasteiger partial charge in [-0.15, -0.1) is 0 Å². The van der Waals surface area contributed by atoms with E-state index < -0.39 is 0 Å². The Morgan fingerprint density at radius 2 is 1.65 bits per heavy atom. The molecule has 1 aromatic carbocycles. The largest absolute Gasteiger partial charge is 0.251 e. The minimum absolute atomic E-state index is 0.368. The van der Waals surface area contributed by atoms with Crippen molar-refractivity contribution < 1.29 is 0 Å². The van der Waals surface area contributed by atoms with Gasteiger partial charge in [-0.1, -0.05) is 32.0 Å². The SMILES string of the molecule is Cc1cc(C)nc(N(N=CC(C)C)c2ccccc2)n1. The van der Waals surface area contributed by atoms with Crippen LogP contribution in [0.2, 0.25) is 0 Å². The van der Waals surface area contributed by atoms with Crippen LogP contribution >= 0.6 is 0 Å². The highest BCUT2D eigenvalue weighted by molar-refractivity contribution is 5.65. The third-order valence-corrected chi connectivity index (χ3v) is 2.64. The molecule has 20 heavy (non-hydrogen) atoms. The first-order valence-corrected chi connectivity index (χ1v) is 6.78. The van der Waals surface area contributed by atoms with Crippen LogP contribution in [0, 0.1) is 19.8 Å². The molecule has 0 amide bonds. The van der Waals surface area contributed by atoms with Crippen LogP contribution in [0.5, 0.6) is 0 Å². The highest BCUT2D eigenvalue weighted by Gasteiger charge is 2.11. The van der Waals surface area contributed by atoms with Gasteiger partial charge in [0.2, 0.25) is 0 Å². The van der Waals surface area contributed by atoms with Gasteiger partial charge in [0, 0.05) is 17.6 Å². The van der Waals surface area contributed by atoms with E-state index in [0.717, 1.165) is 17.1 Å². The summed E-state index contributed by atoms with van der Waals surface area (Å²) >= 11 is 0. The molecule has 4 heteroatoms. The van der Waals surface area contributed by atoms with Crippen LogP contribution in [0.15, 0.2) is 41.5 Å². The predicted molar refractivity (Wildman–Crippen MR) is 83.4 cm³/mol. The zero-order valence-electron chi connectivity index (χ0n) is 12.4. The molecule has 2 rings (SSSR count). The quantitative estimate of drug-likeness (QED) is 0.624. The fraction of sp³-hybridized carbons (Fsp3) is 0.312. The van der Waals surface area contributed by atoms with E-state index in [0.29, 0.717) is 11.9 Å². The van der Waals surface area contributed by atoms with Gasteiger partial charge in [0.1, 0.15) is 0 Å².